The van der Waals surface area contributed by atoms with Crippen LogP contribution in [0.4, 0.5) is 9.18 Å². The molecule has 0 saturated carbocycles. The summed E-state index contributed by atoms with van der Waals surface area (Å²) in [6.07, 6.45) is 0.468. The quantitative estimate of drug-likeness (QED) is 0.103. The lowest BCUT2D eigenvalue weighted by Crippen LogP contribution is -2.53. The van der Waals surface area contributed by atoms with Gasteiger partial charge in [0.1, 0.15) is 35.0 Å². The van der Waals surface area contributed by atoms with Crippen LogP contribution in [0.5, 0.6) is 5.75 Å². The van der Waals surface area contributed by atoms with Crippen LogP contribution in [0.2, 0.25) is 5.02 Å². The molecule has 1 saturated heterocycles. The minimum Gasteiger partial charge on any atom is -0.493 e. The molecule has 2 aromatic heterocycles. The lowest BCUT2D eigenvalue weighted by Gasteiger charge is -2.35. The molecular weight excluding hydrogens is 737 g/mol. The van der Waals surface area contributed by atoms with Crippen LogP contribution in [0.3, 0.4) is 0 Å². The van der Waals surface area contributed by atoms with Crippen LogP contribution < -0.4 is 4.74 Å². The van der Waals surface area contributed by atoms with E-state index in [1.54, 1.807) is 31.7 Å². The molecule has 11 nitrogen and oxygen atoms in total. The number of fused-ring (bicyclic) bond motifs is 2. The van der Waals surface area contributed by atoms with Crippen LogP contribution >= 0.6 is 11.6 Å². The Hall–Kier alpha value is -5.10. The standard InChI is InChI=1S/C43H51ClFN5O6/c1-26-36(27(2)47(9)46-26)37-33(44)18-17-32-31(13-11-23-54-34-14-10-12-28-24-29(45)15-16-30(28)34)39(40(52)55-42(3,4)5)50(38(32)37)22-21-48-19-20-49(25-35(48)51)41(53)56-43(6,7)8/h10,12,14-18,24H,11,13,19-23,25H2,1-9H3. The molecule has 0 N–H and O–H groups in total. The van der Waals surface area contributed by atoms with Gasteiger partial charge in [-0.2, -0.15) is 5.10 Å². The summed E-state index contributed by atoms with van der Waals surface area (Å²) in [4.78, 5) is 43.8. The number of halogens is 2. The average Bonchev–Trinajstić information content (AvgIpc) is 3.55. The van der Waals surface area contributed by atoms with Crippen molar-refractivity contribution in [3.8, 4) is 16.9 Å². The Bertz CT molecular complexity index is 2320. The highest BCUT2D eigenvalue weighted by molar-refractivity contribution is 6.35. The molecule has 13 heteroatoms. The van der Waals surface area contributed by atoms with Crippen LogP contribution in [0.1, 0.15) is 75.4 Å². The van der Waals surface area contributed by atoms with Gasteiger partial charge in [-0.05, 0) is 110 Å². The number of amides is 2. The Morgan fingerprint density at radius 2 is 1.62 bits per heavy atom. The van der Waals surface area contributed by atoms with Crippen molar-refractivity contribution < 1.29 is 33.0 Å². The summed E-state index contributed by atoms with van der Waals surface area (Å²) in [5.41, 5.74) is 3.70. The van der Waals surface area contributed by atoms with Gasteiger partial charge in [0, 0.05) is 60.8 Å². The third-order valence-corrected chi connectivity index (χ3v) is 10.1. The van der Waals surface area contributed by atoms with Crippen LogP contribution in [0.15, 0.2) is 48.5 Å². The Morgan fingerprint density at radius 3 is 2.29 bits per heavy atom. The van der Waals surface area contributed by atoms with Gasteiger partial charge in [0.25, 0.3) is 0 Å². The van der Waals surface area contributed by atoms with E-state index in [2.05, 4.69) is 0 Å². The molecule has 3 aromatic carbocycles. The van der Waals surface area contributed by atoms with Crippen molar-refractivity contribution in [2.45, 2.75) is 86.0 Å². The first kappa shape index (κ1) is 40.6. The van der Waals surface area contributed by atoms with Crippen LogP contribution in [0.25, 0.3) is 32.8 Å². The third kappa shape index (κ3) is 8.65. The van der Waals surface area contributed by atoms with Crippen molar-refractivity contribution in [2.24, 2.45) is 7.05 Å². The van der Waals surface area contributed by atoms with E-state index in [0.717, 1.165) is 49.8 Å². The fourth-order valence-corrected chi connectivity index (χ4v) is 7.58. The highest BCUT2D eigenvalue weighted by Crippen LogP contribution is 2.42. The van der Waals surface area contributed by atoms with Gasteiger partial charge in [-0.25, -0.2) is 14.0 Å². The minimum absolute atomic E-state index is 0.109. The topological polar surface area (TPSA) is 108 Å². The highest BCUT2D eigenvalue weighted by Gasteiger charge is 2.33. The van der Waals surface area contributed by atoms with E-state index in [1.165, 1.54) is 17.0 Å². The number of benzene rings is 3. The summed E-state index contributed by atoms with van der Waals surface area (Å²) in [5, 5.41) is 7.57. The fourth-order valence-electron chi connectivity index (χ4n) is 7.33. The molecule has 298 valence electrons. The summed E-state index contributed by atoms with van der Waals surface area (Å²) >= 11 is 7.10. The van der Waals surface area contributed by atoms with Gasteiger partial charge in [-0.1, -0.05) is 29.8 Å². The summed E-state index contributed by atoms with van der Waals surface area (Å²) in [6, 6.07) is 13.9. The second-order valence-electron chi connectivity index (χ2n) is 16.3. The molecule has 3 heterocycles. The first-order valence-corrected chi connectivity index (χ1v) is 19.3. The summed E-state index contributed by atoms with van der Waals surface area (Å²) in [5.74, 6) is -0.388. The summed E-state index contributed by atoms with van der Waals surface area (Å²) < 4.78 is 35.6. The third-order valence-electron chi connectivity index (χ3n) is 9.82. The Morgan fingerprint density at radius 1 is 0.911 bits per heavy atom. The van der Waals surface area contributed by atoms with Gasteiger partial charge in [-0.15, -0.1) is 0 Å². The van der Waals surface area contributed by atoms with E-state index in [1.807, 2.05) is 81.2 Å². The van der Waals surface area contributed by atoms with Crippen molar-refractivity contribution in [3.05, 3.63) is 82.0 Å². The monoisotopic (exact) mass is 787 g/mol. The number of hydrogen-bond donors (Lipinski definition) is 0. The van der Waals surface area contributed by atoms with Crippen molar-refractivity contribution in [2.75, 3.05) is 32.8 Å². The first-order valence-electron chi connectivity index (χ1n) is 19.0. The molecule has 0 radical (unpaired) electrons. The maximum Gasteiger partial charge on any atom is 0.410 e. The largest absolute Gasteiger partial charge is 0.493 e. The molecule has 1 aliphatic rings. The van der Waals surface area contributed by atoms with Crippen molar-refractivity contribution in [1.29, 1.82) is 0 Å². The predicted molar refractivity (Wildman–Crippen MR) is 216 cm³/mol. The SMILES string of the molecule is Cc1nn(C)c(C)c1-c1c(Cl)ccc2c(CCCOc3cccc4cc(F)ccc34)c(C(=O)OC(C)(C)C)n(CCN3CCN(C(=O)OC(C)(C)C)CC3=O)c12. The number of hydrogen-bond acceptors (Lipinski definition) is 7. The summed E-state index contributed by atoms with van der Waals surface area (Å²) in [6.45, 7) is 16.1. The van der Waals surface area contributed by atoms with E-state index < -0.39 is 23.3 Å². The van der Waals surface area contributed by atoms with Crippen LogP contribution in [-0.2, 0) is 34.3 Å². The number of rotatable bonds is 10. The number of ether oxygens (including phenoxy) is 3. The molecule has 2 amide bonds. The van der Waals surface area contributed by atoms with E-state index in [9.17, 15) is 18.8 Å². The number of piperazine rings is 1. The van der Waals surface area contributed by atoms with E-state index in [0.29, 0.717) is 49.0 Å². The van der Waals surface area contributed by atoms with Gasteiger partial charge in [0.2, 0.25) is 5.91 Å². The van der Waals surface area contributed by atoms with Crippen molar-refractivity contribution in [1.82, 2.24) is 24.1 Å². The zero-order valence-electron chi connectivity index (χ0n) is 33.7. The molecule has 56 heavy (non-hydrogen) atoms. The van der Waals surface area contributed by atoms with Crippen molar-refractivity contribution >= 4 is 51.2 Å². The smallest absolute Gasteiger partial charge is 0.410 e. The molecule has 0 aliphatic carbocycles. The molecule has 1 fully saturated rings. The van der Waals surface area contributed by atoms with Crippen molar-refractivity contribution in [3.63, 3.8) is 0 Å². The maximum atomic E-state index is 14.4. The highest BCUT2D eigenvalue weighted by atomic mass is 35.5. The normalized spacial score (nSPS) is 13.9. The zero-order chi connectivity index (χ0) is 40.7. The van der Waals surface area contributed by atoms with E-state index in [4.69, 9.17) is 30.9 Å². The Balaban J connectivity index is 1.40. The van der Waals surface area contributed by atoms with Crippen LogP contribution in [0, 0.1) is 19.7 Å². The van der Waals surface area contributed by atoms with Crippen LogP contribution in [-0.4, -0.2) is 86.1 Å². The molecule has 0 atom stereocenters. The Labute approximate surface area is 332 Å². The van der Waals surface area contributed by atoms with E-state index >= 15 is 0 Å². The molecule has 0 bridgehead atoms. The Kier molecular flexibility index (Phi) is 11.4. The second kappa shape index (κ2) is 15.8. The first-order chi connectivity index (χ1) is 26.3. The molecule has 1 aliphatic heterocycles. The van der Waals surface area contributed by atoms with Gasteiger partial charge in [-0.3, -0.25) is 14.4 Å². The second-order valence-corrected chi connectivity index (χ2v) is 16.7. The molecule has 0 unspecified atom stereocenters. The number of esters is 1. The number of aromatic nitrogens is 3. The lowest BCUT2D eigenvalue weighted by atomic mass is 9.98. The summed E-state index contributed by atoms with van der Waals surface area (Å²) in [7, 11) is 1.88. The molecular formula is C43H51ClFN5O6. The lowest BCUT2D eigenvalue weighted by molar-refractivity contribution is -0.136. The maximum absolute atomic E-state index is 14.4. The van der Waals surface area contributed by atoms with Gasteiger partial charge in [0.15, 0.2) is 0 Å². The van der Waals surface area contributed by atoms with Gasteiger partial charge >= 0.3 is 12.1 Å². The molecule has 5 aromatic rings. The molecule has 6 rings (SSSR count). The molecule has 0 spiro atoms. The number of nitrogens with zero attached hydrogens (tertiary/aromatic N) is 5. The number of carbonyl (C=O) groups excluding carboxylic acids is 3. The predicted octanol–water partition coefficient (Wildman–Crippen LogP) is 8.65. The number of carbonyl (C=O) groups is 3. The van der Waals surface area contributed by atoms with E-state index in [-0.39, 0.29) is 31.4 Å². The minimum atomic E-state index is -0.794. The average molecular weight is 788 g/mol. The fraction of sp³-hybridized carbons (Fsp3) is 0.442. The van der Waals surface area contributed by atoms with Gasteiger partial charge in [0.05, 0.1) is 22.8 Å². The van der Waals surface area contributed by atoms with Gasteiger partial charge < -0.3 is 23.7 Å². The zero-order valence-corrected chi connectivity index (χ0v) is 34.5. The number of aryl methyl sites for hydroxylation is 3.